The van der Waals surface area contributed by atoms with E-state index in [0.717, 1.165) is 31.7 Å². The van der Waals surface area contributed by atoms with E-state index in [4.69, 9.17) is 12.2 Å². The molecule has 0 saturated heterocycles. The molecule has 0 bridgehead atoms. The van der Waals surface area contributed by atoms with E-state index in [1.54, 1.807) is 4.57 Å². The third-order valence-electron chi connectivity index (χ3n) is 4.13. The molecule has 0 aromatic carbocycles. The number of rotatable bonds is 2. The minimum Gasteiger partial charge on any atom is -0.299 e. The Bertz CT molecular complexity index is 891. The molecule has 0 unspecified atom stereocenters. The highest BCUT2D eigenvalue weighted by atomic mass is 32.1. The highest BCUT2D eigenvalue weighted by Crippen LogP contribution is 2.43. The van der Waals surface area contributed by atoms with Crippen LogP contribution in [0.3, 0.4) is 0 Å². The highest BCUT2D eigenvalue weighted by molar-refractivity contribution is 7.71. The molecular weight excluding hydrogens is 315 g/mol. The summed E-state index contributed by atoms with van der Waals surface area (Å²) >= 11 is 5.13. The molecule has 2 saturated carbocycles. The third kappa shape index (κ3) is 2.16. The zero-order chi connectivity index (χ0) is 15.6. The molecule has 2 aromatic heterocycles. The van der Waals surface area contributed by atoms with E-state index in [9.17, 15) is 18.0 Å². The minimum absolute atomic E-state index is 0.0369. The number of nitrogens with one attached hydrogen (secondary N) is 1. The highest BCUT2D eigenvalue weighted by Gasteiger charge is 2.38. The van der Waals surface area contributed by atoms with Crippen LogP contribution in [0.4, 0.5) is 13.2 Å². The van der Waals surface area contributed by atoms with Gasteiger partial charge in [-0.05, 0) is 44.0 Å². The van der Waals surface area contributed by atoms with Crippen molar-refractivity contribution in [2.45, 2.75) is 43.8 Å². The van der Waals surface area contributed by atoms with E-state index >= 15 is 0 Å². The lowest BCUT2D eigenvalue weighted by Gasteiger charge is -2.15. The van der Waals surface area contributed by atoms with Crippen molar-refractivity contribution in [3.05, 3.63) is 32.4 Å². The van der Waals surface area contributed by atoms with Crippen molar-refractivity contribution < 1.29 is 13.2 Å². The van der Waals surface area contributed by atoms with Crippen LogP contribution < -0.4 is 5.56 Å². The second-order valence-corrected chi connectivity index (χ2v) is 6.31. The predicted molar refractivity (Wildman–Crippen MR) is 76.4 cm³/mol. The van der Waals surface area contributed by atoms with Crippen LogP contribution in [0.5, 0.6) is 0 Å². The van der Waals surface area contributed by atoms with Crippen molar-refractivity contribution in [3.8, 4) is 0 Å². The standard InChI is InChI=1S/C14H12F3N3OS/c15-14(16,17)8-5-9(6-1-2-6)18-11-10(8)12(21)19-13(22)20(11)7-3-4-7/h5-7H,1-4H2,(H,19,21,22). The summed E-state index contributed by atoms with van der Waals surface area (Å²) in [5.41, 5.74) is -1.24. The summed E-state index contributed by atoms with van der Waals surface area (Å²) in [5.74, 6) is 0.0611. The van der Waals surface area contributed by atoms with Crippen LogP contribution in [0, 0.1) is 4.77 Å². The molecule has 22 heavy (non-hydrogen) atoms. The van der Waals surface area contributed by atoms with Gasteiger partial charge in [0.15, 0.2) is 4.77 Å². The first-order chi connectivity index (χ1) is 10.4. The number of alkyl halides is 3. The van der Waals surface area contributed by atoms with Crippen molar-refractivity contribution >= 4 is 23.3 Å². The van der Waals surface area contributed by atoms with Crippen LogP contribution in [0.25, 0.3) is 11.0 Å². The Hall–Kier alpha value is -1.70. The lowest BCUT2D eigenvalue weighted by molar-refractivity contribution is -0.136. The molecule has 8 heteroatoms. The van der Waals surface area contributed by atoms with E-state index in [-0.39, 0.29) is 22.4 Å². The van der Waals surface area contributed by atoms with Crippen LogP contribution in [0.15, 0.2) is 10.9 Å². The average molecular weight is 327 g/mol. The van der Waals surface area contributed by atoms with Gasteiger partial charge in [-0.1, -0.05) is 0 Å². The molecule has 2 aliphatic carbocycles. The Kier molecular flexibility index (Phi) is 2.79. The Morgan fingerprint density at radius 2 is 1.95 bits per heavy atom. The van der Waals surface area contributed by atoms with Gasteiger partial charge in [-0.2, -0.15) is 13.2 Å². The van der Waals surface area contributed by atoms with Crippen molar-refractivity contribution in [3.63, 3.8) is 0 Å². The SMILES string of the molecule is O=c1[nH]c(=S)n(C2CC2)c2nc(C3CC3)cc(C(F)(F)F)c12. The van der Waals surface area contributed by atoms with Gasteiger partial charge in [0.2, 0.25) is 0 Å². The first-order valence-electron chi connectivity index (χ1n) is 7.13. The summed E-state index contributed by atoms with van der Waals surface area (Å²) in [7, 11) is 0. The molecule has 2 aromatic rings. The molecular formula is C14H12F3N3OS. The van der Waals surface area contributed by atoms with Gasteiger partial charge >= 0.3 is 6.18 Å². The smallest absolute Gasteiger partial charge is 0.299 e. The summed E-state index contributed by atoms with van der Waals surface area (Å²) in [6.45, 7) is 0. The second kappa shape index (κ2) is 4.41. The first-order valence-corrected chi connectivity index (χ1v) is 7.54. The van der Waals surface area contributed by atoms with Crippen molar-refractivity contribution in [1.29, 1.82) is 0 Å². The fourth-order valence-corrected chi connectivity index (χ4v) is 3.08. The van der Waals surface area contributed by atoms with Gasteiger partial charge in [-0.3, -0.25) is 14.3 Å². The molecule has 2 aliphatic rings. The predicted octanol–water partition coefficient (Wildman–Crippen LogP) is 3.69. The van der Waals surface area contributed by atoms with Crippen LogP contribution in [-0.4, -0.2) is 14.5 Å². The molecule has 4 rings (SSSR count). The summed E-state index contributed by atoms with van der Waals surface area (Å²) in [5, 5.41) is -0.405. The second-order valence-electron chi connectivity index (χ2n) is 5.93. The monoisotopic (exact) mass is 327 g/mol. The Balaban J connectivity index is 2.15. The van der Waals surface area contributed by atoms with Gasteiger partial charge < -0.3 is 0 Å². The molecule has 4 nitrogen and oxygen atoms in total. The minimum atomic E-state index is -4.60. The van der Waals surface area contributed by atoms with E-state index in [2.05, 4.69) is 9.97 Å². The van der Waals surface area contributed by atoms with Gasteiger partial charge in [-0.15, -0.1) is 0 Å². The zero-order valence-electron chi connectivity index (χ0n) is 11.4. The summed E-state index contributed by atoms with van der Waals surface area (Å²) in [6, 6.07) is 1.06. The lowest BCUT2D eigenvalue weighted by Crippen LogP contribution is -2.20. The van der Waals surface area contributed by atoms with Crippen LogP contribution >= 0.6 is 12.2 Å². The molecule has 116 valence electrons. The maximum atomic E-state index is 13.4. The fraction of sp³-hybridized carbons (Fsp3) is 0.500. The molecule has 0 radical (unpaired) electrons. The molecule has 0 amide bonds. The summed E-state index contributed by atoms with van der Waals surface area (Å²) in [4.78, 5) is 18.8. The molecule has 2 heterocycles. The van der Waals surface area contributed by atoms with Crippen molar-refractivity contribution in [1.82, 2.24) is 14.5 Å². The van der Waals surface area contributed by atoms with Crippen LogP contribution in [0.2, 0.25) is 0 Å². The number of aromatic nitrogens is 3. The summed E-state index contributed by atoms with van der Waals surface area (Å²) < 4.78 is 41.9. The van der Waals surface area contributed by atoms with Gasteiger partial charge in [0.1, 0.15) is 5.65 Å². The molecule has 0 atom stereocenters. The van der Waals surface area contributed by atoms with Gasteiger partial charge in [0.25, 0.3) is 5.56 Å². The maximum absolute atomic E-state index is 13.4. The number of pyridine rings is 1. The molecule has 2 fully saturated rings. The molecule has 1 N–H and O–H groups in total. The lowest BCUT2D eigenvalue weighted by atomic mass is 10.1. The number of nitrogens with zero attached hydrogens (tertiary/aromatic N) is 2. The first kappa shape index (κ1) is 13.9. The topological polar surface area (TPSA) is 50.7 Å². The van der Waals surface area contributed by atoms with Crippen molar-refractivity contribution in [2.75, 3.05) is 0 Å². The number of halogens is 3. The van der Waals surface area contributed by atoms with E-state index in [0.29, 0.717) is 5.69 Å². The number of hydrogen-bond acceptors (Lipinski definition) is 3. The number of aromatic amines is 1. The number of hydrogen-bond donors (Lipinski definition) is 1. The Morgan fingerprint density at radius 3 is 2.50 bits per heavy atom. The largest absolute Gasteiger partial charge is 0.417 e. The van der Waals surface area contributed by atoms with E-state index < -0.39 is 22.7 Å². The third-order valence-corrected chi connectivity index (χ3v) is 4.43. The Morgan fingerprint density at radius 1 is 1.27 bits per heavy atom. The van der Waals surface area contributed by atoms with Crippen LogP contribution in [-0.2, 0) is 6.18 Å². The number of H-pyrrole nitrogens is 1. The number of fused-ring (bicyclic) bond motifs is 1. The van der Waals surface area contributed by atoms with Gasteiger partial charge in [0.05, 0.1) is 10.9 Å². The quantitative estimate of drug-likeness (QED) is 0.856. The van der Waals surface area contributed by atoms with Crippen molar-refractivity contribution in [2.24, 2.45) is 0 Å². The molecule has 0 spiro atoms. The van der Waals surface area contributed by atoms with Gasteiger partial charge in [0, 0.05) is 17.7 Å². The van der Waals surface area contributed by atoms with Gasteiger partial charge in [-0.25, -0.2) is 4.98 Å². The zero-order valence-corrected chi connectivity index (χ0v) is 12.2. The fourth-order valence-electron chi connectivity index (χ4n) is 2.75. The normalized spacial score (nSPS) is 18.9. The van der Waals surface area contributed by atoms with E-state index in [1.807, 2.05) is 0 Å². The summed E-state index contributed by atoms with van der Waals surface area (Å²) in [6.07, 6.45) is -1.24. The van der Waals surface area contributed by atoms with Crippen LogP contribution in [0.1, 0.15) is 48.9 Å². The average Bonchev–Trinajstić information content (AvgIpc) is 3.28. The molecule has 0 aliphatic heterocycles. The maximum Gasteiger partial charge on any atom is 0.417 e. The van der Waals surface area contributed by atoms with E-state index in [1.165, 1.54) is 0 Å². The Labute approximate surface area is 128 Å².